The molecule has 0 aliphatic carbocycles. The zero-order valence-corrected chi connectivity index (χ0v) is 21.3. The molecule has 0 aliphatic heterocycles. The van der Waals surface area contributed by atoms with Crippen molar-refractivity contribution in [3.8, 4) is 0 Å². The molecular formula is C19H37NaO8S. The first kappa shape index (κ1) is 31.4. The van der Waals surface area contributed by atoms with Crippen LogP contribution in [0.15, 0.2) is 0 Å². The molecule has 0 heterocycles. The van der Waals surface area contributed by atoms with Crippen molar-refractivity contribution in [1.82, 2.24) is 0 Å². The third-order valence-electron chi connectivity index (χ3n) is 4.10. The Morgan fingerprint density at radius 1 is 1.00 bits per heavy atom. The SMILES string of the molecule is CCCCCCOC(C)(COC(=O)CC(O)CS(=O)(=O)[O-])OCCCCCC.[Na+]. The van der Waals surface area contributed by atoms with Gasteiger partial charge in [-0.3, -0.25) is 4.79 Å². The maximum atomic E-state index is 11.8. The predicted octanol–water partition coefficient (Wildman–Crippen LogP) is -0.260. The predicted molar refractivity (Wildman–Crippen MR) is 105 cm³/mol. The van der Waals surface area contributed by atoms with Crippen LogP contribution in [0.3, 0.4) is 0 Å². The van der Waals surface area contributed by atoms with Gasteiger partial charge in [-0.2, -0.15) is 0 Å². The van der Waals surface area contributed by atoms with Crippen LogP contribution in [-0.2, 0) is 29.1 Å². The molecule has 0 aromatic carbocycles. The second-order valence-corrected chi connectivity index (χ2v) is 8.64. The van der Waals surface area contributed by atoms with Crippen LogP contribution in [0.5, 0.6) is 0 Å². The number of rotatable bonds is 18. The zero-order valence-electron chi connectivity index (χ0n) is 18.5. The second-order valence-electron chi connectivity index (χ2n) is 7.20. The van der Waals surface area contributed by atoms with Gasteiger partial charge in [0.1, 0.15) is 6.61 Å². The fraction of sp³-hybridized carbons (Fsp3) is 0.947. The number of aliphatic hydroxyl groups is 1. The normalized spacial score (nSPS) is 13.0. The van der Waals surface area contributed by atoms with Gasteiger partial charge < -0.3 is 23.9 Å². The molecule has 29 heavy (non-hydrogen) atoms. The summed E-state index contributed by atoms with van der Waals surface area (Å²) in [6.07, 6.45) is 6.12. The molecule has 0 spiro atoms. The Hall–Kier alpha value is 0.260. The number of aliphatic hydroxyl groups excluding tert-OH is 1. The molecule has 0 saturated heterocycles. The van der Waals surface area contributed by atoms with E-state index < -0.39 is 40.2 Å². The third-order valence-corrected chi connectivity index (χ3v) is 4.90. The minimum absolute atomic E-state index is 0. The molecule has 8 nitrogen and oxygen atoms in total. The van der Waals surface area contributed by atoms with Crippen LogP contribution in [0.4, 0.5) is 0 Å². The molecule has 0 rings (SSSR count). The molecule has 0 bridgehead atoms. The molecule has 168 valence electrons. The topological polar surface area (TPSA) is 122 Å². The molecule has 1 N–H and O–H groups in total. The standard InChI is InChI=1S/C19H38O8S.Na/c1-4-6-8-10-12-26-19(3,27-13-11-9-7-5-2)16-25-18(21)14-17(20)15-28(22,23)24;/h17,20H,4-16H2,1-3H3,(H,22,23,24);/q;+1/p-1. The molecular weight excluding hydrogens is 411 g/mol. The summed E-state index contributed by atoms with van der Waals surface area (Å²) in [7, 11) is -4.61. The average Bonchev–Trinajstić information content (AvgIpc) is 2.58. The Morgan fingerprint density at radius 3 is 1.90 bits per heavy atom. The van der Waals surface area contributed by atoms with Crippen molar-refractivity contribution in [2.45, 2.75) is 90.4 Å². The minimum Gasteiger partial charge on any atom is -0.748 e. The molecule has 0 radical (unpaired) electrons. The van der Waals surface area contributed by atoms with Crippen molar-refractivity contribution >= 4 is 16.1 Å². The van der Waals surface area contributed by atoms with Crippen LogP contribution in [0.2, 0.25) is 0 Å². The van der Waals surface area contributed by atoms with E-state index in [0.29, 0.717) is 13.2 Å². The van der Waals surface area contributed by atoms with E-state index >= 15 is 0 Å². The van der Waals surface area contributed by atoms with Crippen LogP contribution in [0.25, 0.3) is 0 Å². The molecule has 0 fully saturated rings. The molecule has 1 unspecified atom stereocenters. The van der Waals surface area contributed by atoms with Gasteiger partial charge in [0, 0.05) is 0 Å². The Morgan fingerprint density at radius 2 is 1.48 bits per heavy atom. The first-order chi connectivity index (χ1) is 13.1. The van der Waals surface area contributed by atoms with Crippen molar-refractivity contribution in [3.63, 3.8) is 0 Å². The number of ether oxygens (including phenoxy) is 3. The number of carbonyl (C=O) groups is 1. The first-order valence-electron chi connectivity index (χ1n) is 10.2. The van der Waals surface area contributed by atoms with E-state index in [1.165, 1.54) is 0 Å². The summed E-state index contributed by atoms with van der Waals surface area (Å²) < 4.78 is 48.6. The fourth-order valence-electron chi connectivity index (χ4n) is 2.52. The van der Waals surface area contributed by atoms with Crippen LogP contribution in [0.1, 0.15) is 78.6 Å². The van der Waals surface area contributed by atoms with E-state index in [-0.39, 0.29) is 36.2 Å². The summed E-state index contributed by atoms with van der Waals surface area (Å²) >= 11 is 0. The Bertz CT molecular complexity index is 498. The maximum Gasteiger partial charge on any atom is 1.00 e. The van der Waals surface area contributed by atoms with Crippen molar-refractivity contribution in [2.24, 2.45) is 0 Å². The first-order valence-corrected chi connectivity index (χ1v) is 11.7. The Labute approximate surface area is 198 Å². The van der Waals surface area contributed by atoms with Crippen LogP contribution in [0, 0.1) is 0 Å². The van der Waals surface area contributed by atoms with Gasteiger partial charge >= 0.3 is 35.5 Å². The molecule has 0 aromatic rings. The molecule has 10 heteroatoms. The van der Waals surface area contributed by atoms with Crippen molar-refractivity contribution in [3.05, 3.63) is 0 Å². The van der Waals surface area contributed by atoms with Gasteiger partial charge in [-0.25, -0.2) is 8.42 Å². The van der Waals surface area contributed by atoms with Gasteiger partial charge in [-0.15, -0.1) is 0 Å². The summed E-state index contributed by atoms with van der Waals surface area (Å²) in [6.45, 7) is 6.70. The number of esters is 1. The van der Waals surface area contributed by atoms with Gasteiger partial charge in [0.2, 0.25) is 0 Å². The molecule has 0 amide bonds. The van der Waals surface area contributed by atoms with Gasteiger partial charge in [0.15, 0.2) is 5.79 Å². The fourth-order valence-corrected chi connectivity index (χ4v) is 3.11. The van der Waals surface area contributed by atoms with Gasteiger partial charge in [-0.1, -0.05) is 52.4 Å². The summed E-state index contributed by atoms with van der Waals surface area (Å²) in [5, 5.41) is 9.49. The molecule has 0 aromatic heterocycles. The number of hydrogen-bond acceptors (Lipinski definition) is 8. The van der Waals surface area contributed by atoms with E-state index in [1.54, 1.807) is 6.92 Å². The molecule has 1 atom stereocenters. The quantitative estimate of drug-likeness (QED) is 0.100. The molecule has 0 aliphatic rings. The van der Waals surface area contributed by atoms with Crippen molar-refractivity contribution in [1.29, 1.82) is 0 Å². The number of unbranched alkanes of at least 4 members (excludes halogenated alkanes) is 6. The van der Waals surface area contributed by atoms with E-state index in [0.717, 1.165) is 51.4 Å². The maximum absolute atomic E-state index is 11.8. The second kappa shape index (κ2) is 17.9. The van der Waals surface area contributed by atoms with Crippen molar-refractivity contribution in [2.75, 3.05) is 25.6 Å². The van der Waals surface area contributed by atoms with Gasteiger partial charge in [-0.05, 0) is 19.8 Å². The summed E-state index contributed by atoms with van der Waals surface area (Å²) in [5.74, 6) is -2.95. The van der Waals surface area contributed by atoms with Crippen LogP contribution >= 0.6 is 0 Å². The third kappa shape index (κ3) is 19.9. The zero-order chi connectivity index (χ0) is 21.5. The van der Waals surface area contributed by atoms with Gasteiger partial charge in [0.25, 0.3) is 0 Å². The number of carbonyl (C=O) groups excluding carboxylic acids is 1. The van der Waals surface area contributed by atoms with Crippen LogP contribution in [-0.4, -0.2) is 61.5 Å². The minimum atomic E-state index is -4.61. The summed E-state index contributed by atoms with van der Waals surface area (Å²) in [5.41, 5.74) is 0. The number of hydrogen-bond donors (Lipinski definition) is 1. The largest absolute Gasteiger partial charge is 1.00 e. The van der Waals surface area contributed by atoms with Crippen LogP contribution < -0.4 is 29.6 Å². The monoisotopic (exact) mass is 448 g/mol. The van der Waals surface area contributed by atoms with Gasteiger partial charge in [0.05, 0.1) is 41.6 Å². The Kier molecular flexibility index (Phi) is 19.4. The van der Waals surface area contributed by atoms with E-state index in [1.807, 2.05) is 0 Å². The summed E-state index contributed by atoms with van der Waals surface area (Å²) in [6, 6.07) is 0. The summed E-state index contributed by atoms with van der Waals surface area (Å²) in [4.78, 5) is 11.8. The Balaban J connectivity index is 0. The van der Waals surface area contributed by atoms with E-state index in [9.17, 15) is 22.9 Å². The smallest absolute Gasteiger partial charge is 0.748 e. The van der Waals surface area contributed by atoms with E-state index in [2.05, 4.69) is 13.8 Å². The average molecular weight is 449 g/mol. The van der Waals surface area contributed by atoms with Crippen molar-refractivity contribution < 1.29 is 66.6 Å². The van der Waals surface area contributed by atoms with E-state index in [4.69, 9.17) is 14.2 Å². The molecule has 0 saturated carbocycles.